The summed E-state index contributed by atoms with van der Waals surface area (Å²) in [6, 6.07) is 8.55. The molecule has 0 saturated heterocycles. The highest BCUT2D eigenvalue weighted by Crippen LogP contribution is 2.14. The molecule has 1 aromatic heterocycles. The fourth-order valence-electron chi connectivity index (χ4n) is 2.35. The normalized spacial score (nSPS) is 10.4. The maximum Gasteiger partial charge on any atom is 0.254 e. The molecule has 26 heavy (non-hydrogen) atoms. The molecule has 0 spiro atoms. The summed E-state index contributed by atoms with van der Waals surface area (Å²) in [6.07, 6.45) is 3.30. The van der Waals surface area contributed by atoms with E-state index in [4.69, 9.17) is 9.26 Å². The summed E-state index contributed by atoms with van der Waals surface area (Å²) in [5.74, 6) is 1.08. The molecule has 0 atom stereocenters. The molecule has 0 aliphatic heterocycles. The second-order valence-electron chi connectivity index (χ2n) is 6.11. The fraction of sp³-hybridized carbons (Fsp3) is 0.421. The van der Waals surface area contributed by atoms with E-state index in [0.29, 0.717) is 23.7 Å². The molecule has 0 bridgehead atoms. The topological polar surface area (TPSA) is 84.7 Å². The first kappa shape index (κ1) is 19.5. The summed E-state index contributed by atoms with van der Waals surface area (Å²) in [6.45, 7) is 4.46. The van der Waals surface area contributed by atoms with E-state index in [1.165, 1.54) is 4.90 Å². The third kappa shape index (κ3) is 5.91. The minimum Gasteiger partial charge on any atom is -0.494 e. The Kier molecular flexibility index (Phi) is 7.20. The lowest BCUT2D eigenvalue weighted by Crippen LogP contribution is -2.34. The zero-order chi connectivity index (χ0) is 18.9. The summed E-state index contributed by atoms with van der Waals surface area (Å²) < 4.78 is 10.5. The van der Waals surface area contributed by atoms with E-state index in [-0.39, 0.29) is 18.4 Å². The van der Waals surface area contributed by atoms with E-state index in [9.17, 15) is 9.59 Å². The average Bonchev–Trinajstić information content (AvgIpc) is 3.03. The number of rotatable bonds is 9. The van der Waals surface area contributed by atoms with Crippen LogP contribution in [0.2, 0.25) is 0 Å². The minimum absolute atomic E-state index is 0.0833. The van der Waals surface area contributed by atoms with Gasteiger partial charge in [0.2, 0.25) is 5.91 Å². The number of nitrogens with zero attached hydrogens (tertiary/aromatic N) is 2. The van der Waals surface area contributed by atoms with Crippen molar-refractivity contribution in [1.82, 2.24) is 10.1 Å². The maximum absolute atomic E-state index is 12.4. The SMILES string of the molecule is CCCCCOc1ccc(C(=O)N(C)CC(=O)Nc2cc(C)on2)cc1. The predicted octanol–water partition coefficient (Wildman–Crippen LogP) is 3.26. The Labute approximate surface area is 153 Å². The Balaban J connectivity index is 1.83. The largest absolute Gasteiger partial charge is 0.494 e. The molecule has 1 heterocycles. The lowest BCUT2D eigenvalue weighted by Gasteiger charge is -2.16. The van der Waals surface area contributed by atoms with E-state index in [1.54, 1.807) is 44.3 Å². The van der Waals surface area contributed by atoms with Crippen molar-refractivity contribution >= 4 is 17.6 Å². The minimum atomic E-state index is -0.343. The van der Waals surface area contributed by atoms with Crippen molar-refractivity contribution in [3.8, 4) is 5.75 Å². The summed E-state index contributed by atoms with van der Waals surface area (Å²) in [4.78, 5) is 25.8. The lowest BCUT2D eigenvalue weighted by atomic mass is 10.2. The quantitative estimate of drug-likeness (QED) is 0.695. The van der Waals surface area contributed by atoms with Gasteiger partial charge >= 0.3 is 0 Å². The molecule has 0 unspecified atom stereocenters. The molecule has 0 aliphatic rings. The number of hydrogen-bond acceptors (Lipinski definition) is 5. The zero-order valence-corrected chi connectivity index (χ0v) is 15.4. The Morgan fingerprint density at radius 3 is 2.58 bits per heavy atom. The molecule has 0 saturated carbocycles. The van der Waals surface area contributed by atoms with Crippen molar-refractivity contribution in [3.63, 3.8) is 0 Å². The Bertz CT molecular complexity index is 725. The molecule has 7 heteroatoms. The number of carbonyl (C=O) groups is 2. The molecule has 140 valence electrons. The van der Waals surface area contributed by atoms with Crippen LogP contribution in [0, 0.1) is 6.92 Å². The molecule has 1 N–H and O–H groups in total. The molecular formula is C19H25N3O4. The summed E-state index contributed by atoms with van der Waals surface area (Å²) in [7, 11) is 1.57. The van der Waals surface area contributed by atoms with Crippen LogP contribution in [0.4, 0.5) is 5.82 Å². The fourth-order valence-corrected chi connectivity index (χ4v) is 2.35. The Hall–Kier alpha value is -2.83. The van der Waals surface area contributed by atoms with Crippen LogP contribution in [0.15, 0.2) is 34.9 Å². The molecule has 2 aromatic rings. The van der Waals surface area contributed by atoms with Crippen molar-refractivity contribution in [3.05, 3.63) is 41.7 Å². The van der Waals surface area contributed by atoms with Crippen LogP contribution in [0.5, 0.6) is 5.75 Å². The van der Waals surface area contributed by atoms with Crippen molar-refractivity contribution in [2.75, 3.05) is 25.5 Å². The van der Waals surface area contributed by atoms with Gasteiger partial charge in [-0.3, -0.25) is 9.59 Å². The number of nitrogens with one attached hydrogen (secondary N) is 1. The molecular weight excluding hydrogens is 334 g/mol. The number of unbranched alkanes of at least 4 members (excludes halogenated alkanes) is 2. The third-order valence-electron chi connectivity index (χ3n) is 3.74. The lowest BCUT2D eigenvalue weighted by molar-refractivity contribution is -0.116. The summed E-state index contributed by atoms with van der Waals surface area (Å²) >= 11 is 0. The first-order valence-electron chi connectivity index (χ1n) is 8.71. The highest BCUT2D eigenvalue weighted by molar-refractivity contribution is 5.98. The Morgan fingerprint density at radius 2 is 1.96 bits per heavy atom. The van der Waals surface area contributed by atoms with Gasteiger partial charge < -0.3 is 19.5 Å². The van der Waals surface area contributed by atoms with Gasteiger partial charge in [-0.05, 0) is 37.6 Å². The van der Waals surface area contributed by atoms with Crippen LogP contribution >= 0.6 is 0 Å². The van der Waals surface area contributed by atoms with Gasteiger partial charge in [0.25, 0.3) is 5.91 Å². The van der Waals surface area contributed by atoms with E-state index >= 15 is 0 Å². The second kappa shape index (κ2) is 9.60. The highest BCUT2D eigenvalue weighted by Gasteiger charge is 2.16. The average molecular weight is 359 g/mol. The maximum atomic E-state index is 12.4. The first-order chi connectivity index (χ1) is 12.5. The molecule has 1 aromatic carbocycles. The van der Waals surface area contributed by atoms with Gasteiger partial charge in [-0.25, -0.2) is 0 Å². The van der Waals surface area contributed by atoms with E-state index in [0.717, 1.165) is 25.0 Å². The van der Waals surface area contributed by atoms with Gasteiger partial charge in [0, 0.05) is 18.7 Å². The number of anilines is 1. The van der Waals surface area contributed by atoms with Gasteiger partial charge in [-0.15, -0.1) is 0 Å². The highest BCUT2D eigenvalue weighted by atomic mass is 16.5. The van der Waals surface area contributed by atoms with Crippen molar-refractivity contribution in [1.29, 1.82) is 0 Å². The number of aryl methyl sites for hydroxylation is 1. The number of hydrogen-bond donors (Lipinski definition) is 1. The Morgan fingerprint density at radius 1 is 1.23 bits per heavy atom. The van der Waals surface area contributed by atoms with Crippen LogP contribution in [0.25, 0.3) is 0 Å². The molecule has 0 radical (unpaired) electrons. The number of amides is 2. The van der Waals surface area contributed by atoms with Crippen LogP contribution in [0.3, 0.4) is 0 Å². The van der Waals surface area contributed by atoms with Gasteiger partial charge in [0.15, 0.2) is 5.82 Å². The summed E-state index contributed by atoms with van der Waals surface area (Å²) in [5, 5.41) is 6.27. The second-order valence-corrected chi connectivity index (χ2v) is 6.11. The number of likely N-dealkylation sites (N-methyl/N-ethyl adjacent to an activating group) is 1. The van der Waals surface area contributed by atoms with E-state index in [2.05, 4.69) is 17.4 Å². The first-order valence-corrected chi connectivity index (χ1v) is 8.71. The zero-order valence-electron chi connectivity index (χ0n) is 15.4. The van der Waals surface area contributed by atoms with Crippen molar-refractivity contribution in [2.45, 2.75) is 33.1 Å². The van der Waals surface area contributed by atoms with Gasteiger partial charge in [-0.1, -0.05) is 24.9 Å². The van der Waals surface area contributed by atoms with Gasteiger partial charge in [0.1, 0.15) is 11.5 Å². The summed E-state index contributed by atoms with van der Waals surface area (Å²) in [5.41, 5.74) is 0.499. The monoisotopic (exact) mass is 359 g/mol. The van der Waals surface area contributed by atoms with Gasteiger partial charge in [-0.2, -0.15) is 0 Å². The standard InChI is InChI=1S/C19H25N3O4/c1-4-5-6-11-25-16-9-7-15(8-10-16)19(24)22(3)13-18(23)20-17-12-14(2)26-21-17/h7-10,12H,4-6,11,13H2,1-3H3,(H,20,21,23). The number of carbonyl (C=O) groups excluding carboxylic acids is 2. The molecule has 0 fully saturated rings. The number of ether oxygens (including phenoxy) is 1. The van der Waals surface area contributed by atoms with Crippen molar-refractivity contribution < 1.29 is 18.8 Å². The molecule has 2 rings (SSSR count). The smallest absolute Gasteiger partial charge is 0.254 e. The van der Waals surface area contributed by atoms with Crippen LogP contribution in [0.1, 0.15) is 42.3 Å². The molecule has 7 nitrogen and oxygen atoms in total. The molecule has 0 aliphatic carbocycles. The number of benzene rings is 1. The van der Waals surface area contributed by atoms with Gasteiger partial charge in [0.05, 0.1) is 13.2 Å². The van der Waals surface area contributed by atoms with E-state index in [1.807, 2.05) is 0 Å². The predicted molar refractivity (Wildman–Crippen MR) is 98.3 cm³/mol. The van der Waals surface area contributed by atoms with Crippen LogP contribution in [-0.2, 0) is 4.79 Å². The third-order valence-corrected chi connectivity index (χ3v) is 3.74. The number of aromatic nitrogens is 1. The van der Waals surface area contributed by atoms with Crippen LogP contribution < -0.4 is 10.1 Å². The van der Waals surface area contributed by atoms with Crippen LogP contribution in [-0.4, -0.2) is 42.1 Å². The van der Waals surface area contributed by atoms with Crippen molar-refractivity contribution in [2.24, 2.45) is 0 Å². The van der Waals surface area contributed by atoms with E-state index < -0.39 is 0 Å². The molecule has 2 amide bonds.